The number of carboxylic acids is 2. The summed E-state index contributed by atoms with van der Waals surface area (Å²) in [5, 5.41) is 17.6. The van der Waals surface area contributed by atoms with Crippen LogP contribution in [0.4, 0.5) is 0 Å². The van der Waals surface area contributed by atoms with E-state index in [1.807, 2.05) is 0 Å². The molecule has 1 atom stereocenters. The van der Waals surface area contributed by atoms with Gasteiger partial charge in [-0.2, -0.15) is 0 Å². The van der Waals surface area contributed by atoms with Crippen molar-refractivity contribution in [2.75, 3.05) is 6.16 Å². The van der Waals surface area contributed by atoms with Crippen molar-refractivity contribution in [3.05, 3.63) is 0 Å². The molecule has 100 valence electrons. The van der Waals surface area contributed by atoms with Crippen LogP contribution in [0, 0.1) is 5.92 Å². The van der Waals surface area contributed by atoms with Gasteiger partial charge in [-0.05, 0) is 0 Å². The zero-order valence-electron chi connectivity index (χ0n) is 10.7. The van der Waals surface area contributed by atoms with Crippen LogP contribution < -0.4 is 0 Å². The van der Waals surface area contributed by atoms with E-state index in [1.54, 1.807) is 27.7 Å². The lowest BCUT2D eigenvalue weighted by Crippen LogP contribution is -2.25. The molecule has 0 radical (unpaired) electrons. The van der Waals surface area contributed by atoms with E-state index in [-0.39, 0.29) is 17.5 Å². The van der Waals surface area contributed by atoms with E-state index in [9.17, 15) is 14.2 Å². The van der Waals surface area contributed by atoms with Crippen molar-refractivity contribution in [2.45, 2.75) is 45.4 Å². The standard InChI is InChI=1S/C11H21O5P/c1-7(2)17(16,8(3)4)6-9(11(14)15)5-10(12)13/h7-9H,5-6H2,1-4H3,(H,12,13)(H,14,15). The van der Waals surface area contributed by atoms with Gasteiger partial charge in [-0.1, -0.05) is 27.7 Å². The SMILES string of the molecule is CC(C)P(=O)(CC(CC(=O)O)C(=O)O)C(C)C. The third kappa shape index (κ3) is 4.50. The van der Waals surface area contributed by atoms with E-state index >= 15 is 0 Å². The first-order valence-corrected chi connectivity index (χ1v) is 7.67. The highest BCUT2D eigenvalue weighted by Crippen LogP contribution is 2.56. The maximum absolute atomic E-state index is 12.7. The Morgan fingerprint density at radius 3 is 1.71 bits per heavy atom. The van der Waals surface area contributed by atoms with Crippen LogP contribution in [0.3, 0.4) is 0 Å². The normalized spacial score (nSPS) is 14.0. The average Bonchev–Trinajstić information content (AvgIpc) is 2.14. The number of hydrogen-bond acceptors (Lipinski definition) is 3. The predicted octanol–water partition coefficient (Wildman–Crippen LogP) is 2.34. The third-order valence-corrected chi connectivity index (χ3v) is 7.53. The Morgan fingerprint density at radius 2 is 1.47 bits per heavy atom. The number of rotatable bonds is 7. The van der Waals surface area contributed by atoms with E-state index in [4.69, 9.17) is 10.2 Å². The van der Waals surface area contributed by atoms with Gasteiger partial charge in [0.15, 0.2) is 0 Å². The first-order chi connectivity index (χ1) is 7.61. The molecule has 0 fully saturated rings. The minimum absolute atomic E-state index is 0.0377. The third-order valence-electron chi connectivity index (χ3n) is 3.02. The first kappa shape index (κ1) is 16.2. The molecular formula is C11H21O5P. The summed E-state index contributed by atoms with van der Waals surface area (Å²) in [6, 6.07) is 0. The van der Waals surface area contributed by atoms with Gasteiger partial charge in [0.1, 0.15) is 0 Å². The molecule has 17 heavy (non-hydrogen) atoms. The number of hydrogen-bond donors (Lipinski definition) is 2. The molecule has 0 rings (SSSR count). The van der Waals surface area contributed by atoms with Crippen molar-refractivity contribution < 1.29 is 24.4 Å². The molecule has 0 aromatic heterocycles. The Labute approximate surface area is 102 Å². The van der Waals surface area contributed by atoms with Crippen LogP contribution in [-0.4, -0.2) is 39.6 Å². The molecule has 0 aliphatic carbocycles. The predicted molar refractivity (Wildman–Crippen MR) is 66.1 cm³/mol. The van der Waals surface area contributed by atoms with E-state index in [0.29, 0.717) is 0 Å². The molecule has 0 aliphatic rings. The molecule has 0 spiro atoms. The van der Waals surface area contributed by atoms with Crippen molar-refractivity contribution in [1.82, 2.24) is 0 Å². The fourth-order valence-corrected chi connectivity index (χ4v) is 4.81. The van der Waals surface area contributed by atoms with Crippen LogP contribution in [0.1, 0.15) is 34.1 Å². The number of aliphatic carboxylic acids is 2. The minimum atomic E-state index is -2.67. The second-order valence-corrected chi connectivity index (χ2v) is 9.00. The van der Waals surface area contributed by atoms with Gasteiger partial charge < -0.3 is 14.8 Å². The van der Waals surface area contributed by atoms with Crippen LogP contribution in [0.25, 0.3) is 0 Å². The summed E-state index contributed by atoms with van der Waals surface area (Å²) >= 11 is 0. The molecule has 0 aromatic carbocycles. The lowest BCUT2D eigenvalue weighted by Gasteiger charge is -2.28. The smallest absolute Gasteiger partial charge is 0.307 e. The van der Waals surface area contributed by atoms with Crippen molar-refractivity contribution in [3.63, 3.8) is 0 Å². The molecule has 0 bridgehead atoms. The summed E-state index contributed by atoms with van der Waals surface area (Å²) in [5.74, 6) is -3.42. The summed E-state index contributed by atoms with van der Waals surface area (Å²) in [7, 11) is -2.67. The molecule has 0 heterocycles. The fourth-order valence-electron chi connectivity index (χ4n) is 1.80. The number of carbonyl (C=O) groups is 2. The molecule has 2 N–H and O–H groups in total. The Balaban J connectivity index is 5.01. The van der Waals surface area contributed by atoms with Crippen LogP contribution in [-0.2, 0) is 14.2 Å². The second-order valence-electron chi connectivity index (χ2n) is 4.86. The fraction of sp³-hybridized carbons (Fsp3) is 0.818. The van der Waals surface area contributed by atoms with Gasteiger partial charge in [0, 0.05) is 17.5 Å². The van der Waals surface area contributed by atoms with Gasteiger partial charge in [-0.15, -0.1) is 0 Å². The van der Waals surface area contributed by atoms with Crippen molar-refractivity contribution in [1.29, 1.82) is 0 Å². The van der Waals surface area contributed by atoms with Gasteiger partial charge in [-0.3, -0.25) is 9.59 Å². The van der Waals surface area contributed by atoms with Gasteiger partial charge >= 0.3 is 11.9 Å². The molecule has 0 saturated heterocycles. The van der Waals surface area contributed by atoms with E-state index in [0.717, 1.165) is 0 Å². The van der Waals surface area contributed by atoms with E-state index in [2.05, 4.69) is 0 Å². The molecular weight excluding hydrogens is 243 g/mol. The topological polar surface area (TPSA) is 91.7 Å². The molecule has 0 saturated carbocycles. The summed E-state index contributed by atoms with van der Waals surface area (Å²) in [6.07, 6.45) is -0.511. The quantitative estimate of drug-likeness (QED) is 0.688. The van der Waals surface area contributed by atoms with E-state index in [1.165, 1.54) is 0 Å². The van der Waals surface area contributed by atoms with Crippen molar-refractivity contribution in [3.8, 4) is 0 Å². The van der Waals surface area contributed by atoms with Crippen LogP contribution >= 0.6 is 7.14 Å². The van der Waals surface area contributed by atoms with Gasteiger partial charge in [0.25, 0.3) is 0 Å². The number of carboxylic acid groups (broad SMARTS) is 2. The highest BCUT2D eigenvalue weighted by atomic mass is 31.2. The maximum Gasteiger partial charge on any atom is 0.307 e. The molecule has 0 aliphatic heterocycles. The van der Waals surface area contributed by atoms with E-state index < -0.39 is 31.4 Å². The highest BCUT2D eigenvalue weighted by Gasteiger charge is 2.36. The highest BCUT2D eigenvalue weighted by molar-refractivity contribution is 7.65. The largest absolute Gasteiger partial charge is 0.481 e. The lowest BCUT2D eigenvalue weighted by atomic mass is 10.1. The zero-order valence-corrected chi connectivity index (χ0v) is 11.6. The van der Waals surface area contributed by atoms with Gasteiger partial charge in [0.05, 0.1) is 19.5 Å². The first-order valence-electron chi connectivity index (χ1n) is 5.64. The molecule has 6 heteroatoms. The minimum Gasteiger partial charge on any atom is -0.481 e. The van der Waals surface area contributed by atoms with Gasteiger partial charge in [-0.25, -0.2) is 0 Å². The Kier molecular flexibility index (Phi) is 5.89. The molecule has 1 unspecified atom stereocenters. The summed E-state index contributed by atoms with van der Waals surface area (Å²) in [6.45, 7) is 7.17. The zero-order chi connectivity index (χ0) is 13.8. The summed E-state index contributed by atoms with van der Waals surface area (Å²) in [4.78, 5) is 21.6. The lowest BCUT2D eigenvalue weighted by molar-refractivity contribution is -0.147. The van der Waals surface area contributed by atoms with Crippen LogP contribution in [0.15, 0.2) is 0 Å². The van der Waals surface area contributed by atoms with Crippen LogP contribution in [0.5, 0.6) is 0 Å². The molecule has 0 aromatic rings. The van der Waals surface area contributed by atoms with Crippen molar-refractivity contribution >= 4 is 19.1 Å². The van der Waals surface area contributed by atoms with Gasteiger partial charge in [0.2, 0.25) is 0 Å². The summed E-state index contributed by atoms with van der Waals surface area (Å²) < 4.78 is 12.7. The maximum atomic E-state index is 12.7. The molecule has 5 nitrogen and oxygen atoms in total. The average molecular weight is 264 g/mol. The Morgan fingerprint density at radius 1 is 1.06 bits per heavy atom. The second kappa shape index (κ2) is 6.20. The Hall–Kier alpha value is -0.830. The molecule has 0 amide bonds. The van der Waals surface area contributed by atoms with Crippen LogP contribution in [0.2, 0.25) is 0 Å². The van der Waals surface area contributed by atoms with Crippen molar-refractivity contribution in [2.24, 2.45) is 5.92 Å². The monoisotopic (exact) mass is 264 g/mol. The Bertz CT molecular complexity index is 323. The summed E-state index contributed by atoms with van der Waals surface area (Å²) in [5.41, 5.74) is -0.253.